The molecule has 0 atom stereocenters. The smallest absolute Gasteiger partial charge is 0.247 e. The third-order valence-electron chi connectivity index (χ3n) is 4.68. The molecule has 0 aliphatic carbocycles. The number of carbonyl (C=O) groups is 1. The topological polar surface area (TPSA) is 71.3 Å². The lowest BCUT2D eigenvalue weighted by atomic mass is 10.2. The molecule has 2 aromatic carbocycles. The second-order valence-corrected chi connectivity index (χ2v) is 6.66. The van der Waals surface area contributed by atoms with Crippen molar-refractivity contribution in [3.63, 3.8) is 0 Å². The number of rotatable bonds is 6. The third kappa shape index (κ3) is 4.34. The molecule has 2 heterocycles. The van der Waals surface area contributed by atoms with Crippen LogP contribution in [0.2, 0.25) is 0 Å². The molecule has 1 aliphatic rings. The zero-order valence-corrected chi connectivity index (χ0v) is 15.1. The van der Waals surface area contributed by atoms with Gasteiger partial charge in [-0.2, -0.15) is 0 Å². The zero-order valence-electron chi connectivity index (χ0n) is 15.1. The van der Waals surface area contributed by atoms with Crippen LogP contribution in [0.1, 0.15) is 25.2 Å². The predicted octanol–water partition coefficient (Wildman–Crippen LogP) is 3.91. The summed E-state index contributed by atoms with van der Waals surface area (Å²) in [6.07, 6.45) is 3.21. The summed E-state index contributed by atoms with van der Waals surface area (Å²) in [7, 11) is 0. The summed E-state index contributed by atoms with van der Waals surface area (Å²) >= 11 is 0. The largest absolute Gasteiger partial charge is 0.421 e. The Morgan fingerprint density at radius 3 is 2.48 bits per heavy atom. The second kappa shape index (κ2) is 8.03. The minimum Gasteiger partial charge on any atom is -0.421 e. The highest BCUT2D eigenvalue weighted by Gasteiger charge is 2.13. The summed E-state index contributed by atoms with van der Waals surface area (Å²) in [6, 6.07) is 17.6. The molecule has 0 spiro atoms. The van der Waals surface area contributed by atoms with Crippen LogP contribution in [0.15, 0.2) is 59.0 Å². The van der Waals surface area contributed by atoms with E-state index in [2.05, 4.69) is 32.5 Å². The molecule has 6 heteroatoms. The first kappa shape index (κ1) is 17.3. The van der Waals surface area contributed by atoms with Gasteiger partial charge in [0.1, 0.15) is 0 Å². The van der Waals surface area contributed by atoms with E-state index in [9.17, 15) is 4.79 Å². The van der Waals surface area contributed by atoms with Crippen LogP contribution in [0.25, 0.3) is 11.5 Å². The lowest BCUT2D eigenvalue weighted by Crippen LogP contribution is -2.17. The Morgan fingerprint density at radius 1 is 1.00 bits per heavy atom. The van der Waals surface area contributed by atoms with Crippen molar-refractivity contribution in [3.05, 3.63) is 60.5 Å². The van der Waals surface area contributed by atoms with E-state index < -0.39 is 0 Å². The molecular weight excluding hydrogens is 340 g/mol. The first-order valence-electron chi connectivity index (χ1n) is 9.30. The molecule has 27 heavy (non-hydrogen) atoms. The zero-order chi connectivity index (χ0) is 18.5. The summed E-state index contributed by atoms with van der Waals surface area (Å²) in [5, 5.41) is 11.0. The molecule has 4 rings (SSSR count). The Morgan fingerprint density at radius 2 is 1.74 bits per heavy atom. The summed E-state index contributed by atoms with van der Waals surface area (Å²) < 4.78 is 5.64. The van der Waals surface area contributed by atoms with Crippen molar-refractivity contribution in [2.45, 2.75) is 25.7 Å². The molecule has 0 radical (unpaired) electrons. The van der Waals surface area contributed by atoms with Crippen LogP contribution >= 0.6 is 0 Å². The van der Waals surface area contributed by atoms with Gasteiger partial charge in [0.2, 0.25) is 17.7 Å². The molecule has 6 nitrogen and oxygen atoms in total. The highest BCUT2D eigenvalue weighted by molar-refractivity contribution is 5.90. The van der Waals surface area contributed by atoms with Gasteiger partial charge in [-0.25, -0.2) is 0 Å². The van der Waals surface area contributed by atoms with Crippen molar-refractivity contribution in [2.24, 2.45) is 0 Å². The maximum Gasteiger partial charge on any atom is 0.247 e. The van der Waals surface area contributed by atoms with Crippen molar-refractivity contribution >= 4 is 17.3 Å². The van der Waals surface area contributed by atoms with Gasteiger partial charge in [0.25, 0.3) is 0 Å². The molecule has 0 saturated carbocycles. The van der Waals surface area contributed by atoms with E-state index in [-0.39, 0.29) is 5.91 Å². The first-order chi connectivity index (χ1) is 13.3. The Bertz CT molecular complexity index is 884. The van der Waals surface area contributed by atoms with Crippen LogP contribution in [0.4, 0.5) is 11.4 Å². The van der Waals surface area contributed by atoms with E-state index >= 15 is 0 Å². The first-order valence-corrected chi connectivity index (χ1v) is 9.30. The molecule has 1 aromatic heterocycles. The molecule has 1 aliphatic heterocycles. The van der Waals surface area contributed by atoms with Gasteiger partial charge in [-0.05, 0) is 49.2 Å². The van der Waals surface area contributed by atoms with E-state index in [4.69, 9.17) is 4.42 Å². The Kier molecular flexibility index (Phi) is 5.14. The fourth-order valence-corrected chi connectivity index (χ4v) is 3.23. The number of nitrogens with one attached hydrogen (secondary N) is 1. The van der Waals surface area contributed by atoms with Gasteiger partial charge < -0.3 is 14.6 Å². The Labute approximate surface area is 158 Å². The maximum atomic E-state index is 12.2. The van der Waals surface area contributed by atoms with Gasteiger partial charge in [0.15, 0.2) is 0 Å². The van der Waals surface area contributed by atoms with Crippen molar-refractivity contribution in [2.75, 3.05) is 23.3 Å². The molecule has 3 aromatic rings. The molecule has 0 unspecified atom stereocenters. The van der Waals surface area contributed by atoms with Crippen LogP contribution < -0.4 is 10.2 Å². The van der Waals surface area contributed by atoms with Crippen LogP contribution in [0.3, 0.4) is 0 Å². The molecule has 1 saturated heterocycles. The normalized spacial score (nSPS) is 13.7. The number of carbonyl (C=O) groups excluding carboxylic acids is 1. The number of benzene rings is 2. The van der Waals surface area contributed by atoms with Crippen LogP contribution in [0, 0.1) is 0 Å². The van der Waals surface area contributed by atoms with Crippen LogP contribution in [-0.4, -0.2) is 29.2 Å². The standard InChI is InChI=1S/C21H22N4O2/c26-19(22-17-8-10-18(11-9-17)25-14-4-5-15-25)12-13-20-23-24-21(27-20)16-6-2-1-3-7-16/h1-3,6-11H,4-5,12-15H2,(H,22,26). The summed E-state index contributed by atoms with van der Waals surface area (Å²) in [5.41, 5.74) is 2.89. The summed E-state index contributed by atoms with van der Waals surface area (Å²) in [4.78, 5) is 14.6. The van der Waals surface area contributed by atoms with Crippen molar-refractivity contribution in [1.82, 2.24) is 10.2 Å². The SMILES string of the molecule is O=C(CCc1nnc(-c2ccccc2)o1)Nc1ccc(N2CCCC2)cc1. The highest BCUT2D eigenvalue weighted by atomic mass is 16.4. The Balaban J connectivity index is 1.29. The van der Waals surface area contributed by atoms with Gasteiger partial charge in [0, 0.05) is 42.9 Å². The average molecular weight is 362 g/mol. The van der Waals surface area contributed by atoms with Crippen LogP contribution in [0.5, 0.6) is 0 Å². The molecule has 1 amide bonds. The average Bonchev–Trinajstić information content (AvgIpc) is 3.40. The number of anilines is 2. The maximum absolute atomic E-state index is 12.2. The van der Waals surface area contributed by atoms with Crippen molar-refractivity contribution < 1.29 is 9.21 Å². The van der Waals surface area contributed by atoms with Gasteiger partial charge in [-0.15, -0.1) is 10.2 Å². The fraction of sp³-hybridized carbons (Fsp3) is 0.286. The molecule has 0 bridgehead atoms. The number of aromatic nitrogens is 2. The number of aryl methyl sites for hydroxylation is 1. The molecular formula is C21H22N4O2. The minimum absolute atomic E-state index is 0.0663. The highest BCUT2D eigenvalue weighted by Crippen LogP contribution is 2.22. The van der Waals surface area contributed by atoms with E-state index in [1.807, 2.05) is 42.5 Å². The van der Waals surface area contributed by atoms with Crippen LogP contribution in [-0.2, 0) is 11.2 Å². The van der Waals surface area contributed by atoms with Gasteiger partial charge in [0.05, 0.1) is 0 Å². The summed E-state index contributed by atoms with van der Waals surface area (Å²) in [5.74, 6) is 0.875. The van der Waals surface area contributed by atoms with Crippen molar-refractivity contribution in [3.8, 4) is 11.5 Å². The second-order valence-electron chi connectivity index (χ2n) is 6.66. The lowest BCUT2D eigenvalue weighted by Gasteiger charge is -2.17. The van der Waals surface area contributed by atoms with Gasteiger partial charge in [-0.1, -0.05) is 18.2 Å². The Hall–Kier alpha value is -3.15. The van der Waals surface area contributed by atoms with Gasteiger partial charge in [-0.3, -0.25) is 4.79 Å². The third-order valence-corrected chi connectivity index (χ3v) is 4.68. The monoisotopic (exact) mass is 362 g/mol. The summed E-state index contributed by atoms with van der Waals surface area (Å²) in [6.45, 7) is 2.22. The lowest BCUT2D eigenvalue weighted by molar-refractivity contribution is -0.116. The number of hydrogen-bond donors (Lipinski definition) is 1. The minimum atomic E-state index is -0.0663. The molecule has 1 fully saturated rings. The quantitative estimate of drug-likeness (QED) is 0.720. The van der Waals surface area contributed by atoms with Gasteiger partial charge >= 0.3 is 0 Å². The van der Waals surface area contributed by atoms with E-state index in [1.165, 1.54) is 18.5 Å². The predicted molar refractivity (Wildman–Crippen MR) is 105 cm³/mol. The molecule has 138 valence electrons. The number of hydrogen-bond acceptors (Lipinski definition) is 5. The van der Waals surface area contributed by atoms with E-state index in [0.717, 1.165) is 24.3 Å². The number of nitrogens with zero attached hydrogens (tertiary/aromatic N) is 3. The van der Waals surface area contributed by atoms with E-state index in [1.54, 1.807) is 0 Å². The van der Waals surface area contributed by atoms with Crippen molar-refractivity contribution in [1.29, 1.82) is 0 Å². The molecule has 1 N–H and O–H groups in total. The number of amides is 1. The van der Waals surface area contributed by atoms with E-state index in [0.29, 0.717) is 24.6 Å². The fourth-order valence-electron chi connectivity index (χ4n) is 3.23.